The number of rotatable bonds is 5. The van der Waals surface area contributed by atoms with Crippen LogP contribution in [0.15, 0.2) is 48.5 Å². The Balaban J connectivity index is 1.99. The highest BCUT2D eigenvalue weighted by Crippen LogP contribution is 2.23. The Labute approximate surface area is 145 Å². The molecule has 0 heterocycles. The van der Waals surface area contributed by atoms with Crippen molar-refractivity contribution in [2.75, 3.05) is 5.32 Å². The van der Waals surface area contributed by atoms with Crippen LogP contribution in [0.4, 0.5) is 27.6 Å². The van der Waals surface area contributed by atoms with E-state index >= 15 is 0 Å². The summed E-state index contributed by atoms with van der Waals surface area (Å²) in [5.41, 5.74) is 0.692. The molecule has 26 heavy (non-hydrogen) atoms. The minimum Gasteiger partial charge on any atom is -0.349 e. The summed E-state index contributed by atoms with van der Waals surface area (Å²) in [6.07, 6.45) is -8.89. The van der Waals surface area contributed by atoms with Crippen LogP contribution in [0.25, 0.3) is 0 Å². The van der Waals surface area contributed by atoms with Crippen LogP contribution in [0.1, 0.15) is 15.9 Å². The Bertz CT molecular complexity index is 808. The number of halogens is 5. The largest absolute Gasteiger partial charge is 0.428 e. The number of hydrogen-bond donors (Lipinski definition) is 2. The third-order valence-electron chi connectivity index (χ3n) is 3.26. The molecule has 0 saturated heterocycles. The summed E-state index contributed by atoms with van der Waals surface area (Å²) in [7, 11) is 0. The van der Waals surface area contributed by atoms with Crippen molar-refractivity contribution in [2.24, 2.45) is 0 Å². The minimum absolute atomic E-state index is 0.0779. The van der Waals surface area contributed by atoms with E-state index in [0.29, 0.717) is 5.56 Å². The monoisotopic (exact) mass is 372 g/mol. The number of benzene rings is 2. The first kappa shape index (κ1) is 19.4. The molecule has 0 saturated carbocycles. The van der Waals surface area contributed by atoms with E-state index in [2.05, 4.69) is 5.32 Å². The van der Waals surface area contributed by atoms with Crippen LogP contribution in [0.3, 0.4) is 0 Å². The molecule has 1 atom stereocenters. The van der Waals surface area contributed by atoms with Crippen LogP contribution in [-0.2, 0) is 11.3 Å². The molecular formula is C17H13F5N2O2. The van der Waals surface area contributed by atoms with Gasteiger partial charge in [-0.25, -0.2) is 8.78 Å². The van der Waals surface area contributed by atoms with Crippen molar-refractivity contribution < 1.29 is 31.5 Å². The average molecular weight is 372 g/mol. The zero-order valence-electron chi connectivity index (χ0n) is 13.1. The molecule has 0 bridgehead atoms. The van der Waals surface area contributed by atoms with Gasteiger partial charge in [0.15, 0.2) is 0 Å². The Morgan fingerprint density at radius 1 is 1.04 bits per heavy atom. The normalized spacial score (nSPS) is 12.3. The van der Waals surface area contributed by atoms with Gasteiger partial charge in [0.05, 0.1) is 0 Å². The maximum absolute atomic E-state index is 13.1. The molecule has 2 aromatic carbocycles. The molecule has 0 aliphatic carbocycles. The van der Waals surface area contributed by atoms with Crippen LogP contribution in [0.5, 0.6) is 0 Å². The van der Waals surface area contributed by atoms with Gasteiger partial charge in [0.25, 0.3) is 18.0 Å². The second kappa shape index (κ2) is 7.94. The molecule has 2 amide bonds. The van der Waals surface area contributed by atoms with Crippen molar-refractivity contribution in [2.45, 2.75) is 18.9 Å². The molecule has 4 nitrogen and oxygen atoms in total. The van der Waals surface area contributed by atoms with Gasteiger partial charge in [0, 0.05) is 17.8 Å². The summed E-state index contributed by atoms with van der Waals surface area (Å²) in [4.78, 5) is 23.2. The van der Waals surface area contributed by atoms with Crippen LogP contribution in [-0.4, -0.2) is 24.2 Å². The highest BCUT2D eigenvalue weighted by atomic mass is 19.4. The molecule has 2 rings (SSSR count). The van der Waals surface area contributed by atoms with E-state index in [4.69, 9.17) is 0 Å². The van der Waals surface area contributed by atoms with Gasteiger partial charge in [0.2, 0.25) is 0 Å². The molecule has 0 aliphatic rings. The zero-order chi connectivity index (χ0) is 19.3. The third-order valence-corrected chi connectivity index (χ3v) is 3.26. The highest BCUT2D eigenvalue weighted by Gasteiger charge is 2.45. The first-order chi connectivity index (χ1) is 12.2. The fourth-order valence-electron chi connectivity index (χ4n) is 2.02. The van der Waals surface area contributed by atoms with E-state index in [1.54, 1.807) is 0 Å². The quantitative estimate of drug-likeness (QED) is 0.788. The number of carbonyl (C=O) groups excluding carboxylic acids is 2. The molecule has 0 spiro atoms. The van der Waals surface area contributed by atoms with Crippen molar-refractivity contribution in [3.63, 3.8) is 0 Å². The summed E-state index contributed by atoms with van der Waals surface area (Å²) in [5.74, 6) is -2.97. The van der Waals surface area contributed by atoms with Gasteiger partial charge in [-0.15, -0.1) is 0 Å². The summed E-state index contributed by atoms with van der Waals surface area (Å²) in [5, 5.41) is 4.32. The molecule has 1 unspecified atom stereocenters. The molecule has 0 radical (unpaired) electrons. The summed E-state index contributed by atoms with van der Waals surface area (Å²) in [6.45, 7) is -0.362. The second-order valence-electron chi connectivity index (χ2n) is 5.29. The molecule has 2 aromatic rings. The maximum atomic E-state index is 13.1. The Morgan fingerprint density at radius 3 is 2.38 bits per heavy atom. The topological polar surface area (TPSA) is 58.2 Å². The predicted octanol–water partition coefficient (Wildman–Crippen LogP) is 3.59. The second-order valence-corrected chi connectivity index (χ2v) is 5.29. The Morgan fingerprint density at radius 2 is 1.73 bits per heavy atom. The summed E-state index contributed by atoms with van der Waals surface area (Å²) in [6, 6.07) is 10.8. The maximum Gasteiger partial charge on any atom is 0.428 e. The lowest BCUT2D eigenvalue weighted by molar-refractivity contribution is -0.186. The van der Waals surface area contributed by atoms with Gasteiger partial charge in [-0.05, 0) is 35.9 Å². The lowest BCUT2D eigenvalue weighted by Gasteiger charge is -2.13. The van der Waals surface area contributed by atoms with Crippen molar-refractivity contribution in [3.8, 4) is 0 Å². The Hall–Kier alpha value is -2.97. The van der Waals surface area contributed by atoms with E-state index in [1.165, 1.54) is 42.5 Å². The highest BCUT2D eigenvalue weighted by molar-refractivity contribution is 6.04. The van der Waals surface area contributed by atoms with E-state index in [9.17, 15) is 31.5 Å². The molecule has 9 heteroatoms. The number of alkyl halides is 4. The van der Waals surface area contributed by atoms with E-state index < -0.39 is 30.0 Å². The molecule has 0 aliphatic heterocycles. The van der Waals surface area contributed by atoms with E-state index in [1.807, 2.05) is 5.32 Å². The Kier molecular flexibility index (Phi) is 5.91. The average Bonchev–Trinajstić information content (AvgIpc) is 2.58. The van der Waals surface area contributed by atoms with Crippen LogP contribution in [0, 0.1) is 5.82 Å². The fourth-order valence-corrected chi connectivity index (χ4v) is 2.02. The minimum atomic E-state index is -5.27. The summed E-state index contributed by atoms with van der Waals surface area (Å²) >= 11 is 0. The third kappa shape index (κ3) is 5.27. The van der Waals surface area contributed by atoms with Crippen LogP contribution in [0.2, 0.25) is 0 Å². The number of hydrogen-bond acceptors (Lipinski definition) is 2. The first-order valence-electron chi connectivity index (χ1n) is 7.31. The van der Waals surface area contributed by atoms with Crippen LogP contribution >= 0.6 is 0 Å². The first-order valence-corrected chi connectivity index (χ1v) is 7.31. The molecule has 0 fully saturated rings. The summed E-state index contributed by atoms with van der Waals surface area (Å²) < 4.78 is 62.3. The van der Waals surface area contributed by atoms with Crippen molar-refractivity contribution in [1.29, 1.82) is 0 Å². The van der Waals surface area contributed by atoms with Crippen LogP contribution < -0.4 is 10.6 Å². The van der Waals surface area contributed by atoms with Crippen molar-refractivity contribution >= 4 is 17.5 Å². The number of carbonyl (C=O) groups is 2. The SMILES string of the molecule is O=C(Nc1cccc(CNC(=O)C(F)C(F)(F)F)c1)c1cccc(F)c1. The van der Waals surface area contributed by atoms with Gasteiger partial charge in [-0.1, -0.05) is 18.2 Å². The molecular weight excluding hydrogens is 359 g/mol. The lowest BCUT2D eigenvalue weighted by Crippen LogP contribution is -2.40. The number of amides is 2. The van der Waals surface area contributed by atoms with Crippen molar-refractivity contribution in [3.05, 3.63) is 65.5 Å². The van der Waals surface area contributed by atoms with Gasteiger partial charge >= 0.3 is 6.18 Å². The standard InChI is InChI=1S/C17H13F5N2O2/c18-12-5-2-4-11(8-12)15(25)24-13-6-1-3-10(7-13)9-23-16(26)14(19)17(20,21)22/h1-8,14H,9H2,(H,23,26)(H,24,25). The predicted molar refractivity (Wildman–Crippen MR) is 83.6 cm³/mol. The van der Waals surface area contributed by atoms with Crippen molar-refractivity contribution in [1.82, 2.24) is 5.32 Å². The van der Waals surface area contributed by atoms with E-state index in [-0.39, 0.29) is 17.8 Å². The fraction of sp³-hybridized carbons (Fsp3) is 0.176. The van der Waals surface area contributed by atoms with E-state index in [0.717, 1.165) is 6.07 Å². The van der Waals surface area contributed by atoms with Gasteiger partial charge < -0.3 is 10.6 Å². The van der Waals surface area contributed by atoms with Gasteiger partial charge in [-0.3, -0.25) is 9.59 Å². The molecule has 0 aromatic heterocycles. The molecule has 2 N–H and O–H groups in total. The lowest BCUT2D eigenvalue weighted by atomic mass is 10.1. The van der Waals surface area contributed by atoms with Gasteiger partial charge in [0.1, 0.15) is 5.82 Å². The zero-order valence-corrected chi connectivity index (χ0v) is 13.1. The smallest absolute Gasteiger partial charge is 0.349 e. The number of nitrogens with one attached hydrogen (secondary N) is 2. The number of anilines is 1. The molecule has 138 valence electrons. The van der Waals surface area contributed by atoms with Gasteiger partial charge in [-0.2, -0.15) is 13.2 Å².